The number of aliphatic carboxylic acids is 1. The summed E-state index contributed by atoms with van der Waals surface area (Å²) in [5, 5.41) is 37.1. The molecule has 1 rings (SSSR count). The fraction of sp³-hybridized carbons (Fsp3) is 0.500. The molecule has 0 fully saturated rings. The van der Waals surface area contributed by atoms with E-state index in [0.717, 1.165) is 5.56 Å². The number of carbonyl (C=O) groups excluding carboxylic acids is 2. The number of likely N-dealkylation sites (N-methyl/N-ethyl adjacent to an activating group) is 1. The molecule has 20 heteroatoms. The number of rotatable bonds is 14. The smallest absolute Gasteiger partial charge is 0.334 e. The third kappa shape index (κ3) is 21.5. The normalized spacial score (nSPS) is 13.7. The van der Waals surface area contributed by atoms with Gasteiger partial charge in [0.25, 0.3) is 0 Å². The first-order valence-electron chi connectivity index (χ1n) is 13.1. The van der Waals surface area contributed by atoms with Crippen LogP contribution in [0.4, 0.5) is 0 Å². The van der Waals surface area contributed by atoms with Crippen molar-refractivity contribution < 1.29 is 38.0 Å². The maximum atomic E-state index is 12.5. The van der Waals surface area contributed by atoms with E-state index < -0.39 is 23.3 Å². The van der Waals surface area contributed by atoms with Crippen LogP contribution in [0.25, 0.3) is 0 Å². The Morgan fingerprint density at radius 1 is 0.891 bits per heavy atom. The molecule has 0 radical (unpaired) electrons. The van der Waals surface area contributed by atoms with Crippen LogP contribution in [0.5, 0.6) is 0 Å². The van der Waals surface area contributed by atoms with Crippen LogP contribution in [-0.2, 0) is 34.7 Å². The minimum Gasteiger partial charge on any atom is -0.481 e. The van der Waals surface area contributed by atoms with E-state index in [1.165, 1.54) is 6.92 Å². The molecule has 250 valence electrons. The average molecular weight is 665 g/mol. The molecule has 1 aromatic carbocycles. The van der Waals surface area contributed by atoms with Crippen LogP contribution in [0.2, 0.25) is 0 Å². The molecule has 46 heavy (non-hydrogen) atoms. The highest BCUT2D eigenvalue weighted by molar-refractivity contribution is 7.78. The third-order valence-corrected chi connectivity index (χ3v) is 5.61. The Kier molecular flexibility index (Phi) is 25.6. The molecule has 0 aliphatic rings. The van der Waals surface area contributed by atoms with Gasteiger partial charge in [-0.1, -0.05) is 44.2 Å². The molecule has 5 atom stereocenters. The van der Waals surface area contributed by atoms with Gasteiger partial charge >= 0.3 is 23.2 Å². The fourth-order valence-electron chi connectivity index (χ4n) is 2.87. The van der Waals surface area contributed by atoms with E-state index in [9.17, 15) is 23.5 Å². The topological polar surface area (TPSA) is 259 Å². The number of hydrogen-bond acceptors (Lipinski definition) is 8. The fourth-order valence-corrected chi connectivity index (χ4v) is 2.99. The van der Waals surface area contributed by atoms with Gasteiger partial charge in [-0.2, -0.15) is 4.21 Å². The Balaban J connectivity index is 0. The highest BCUT2D eigenvalue weighted by atomic mass is 32.2. The lowest BCUT2D eigenvalue weighted by Gasteiger charge is -2.33. The Hall–Kier alpha value is -5.18. The molecule has 0 aliphatic carbocycles. The summed E-state index contributed by atoms with van der Waals surface area (Å²) in [6, 6.07) is 9.20. The first-order valence-corrected chi connectivity index (χ1v) is 14.1. The Morgan fingerprint density at radius 3 is 1.85 bits per heavy atom. The van der Waals surface area contributed by atoms with Crippen molar-refractivity contribution in [2.45, 2.75) is 66.5 Å². The third-order valence-electron chi connectivity index (χ3n) is 5.27. The monoisotopic (exact) mass is 664 g/mol. The van der Waals surface area contributed by atoms with E-state index >= 15 is 0 Å². The van der Waals surface area contributed by atoms with Gasteiger partial charge in [-0.05, 0) is 46.5 Å². The second-order valence-electron chi connectivity index (χ2n) is 8.61. The summed E-state index contributed by atoms with van der Waals surface area (Å²) < 4.78 is 21.5. The van der Waals surface area contributed by atoms with Crippen molar-refractivity contribution in [2.24, 2.45) is 58.2 Å². The van der Waals surface area contributed by atoms with Crippen LogP contribution in [-0.4, -0.2) is 50.4 Å². The molecule has 2 N–H and O–H groups in total. The van der Waals surface area contributed by atoms with E-state index in [-0.39, 0.29) is 29.8 Å². The zero-order valence-electron chi connectivity index (χ0n) is 26.2. The zero-order chi connectivity index (χ0) is 35.3. The molecule has 1 aromatic rings. The molecule has 0 spiro atoms. The Morgan fingerprint density at radius 2 is 1.39 bits per heavy atom. The van der Waals surface area contributed by atoms with E-state index in [1.54, 1.807) is 32.7 Å². The van der Waals surface area contributed by atoms with Crippen LogP contribution < -0.4 is 0 Å². The lowest BCUT2D eigenvalue weighted by atomic mass is 10.00. The van der Waals surface area contributed by atoms with Gasteiger partial charge < -0.3 is 14.7 Å². The van der Waals surface area contributed by atoms with Gasteiger partial charge in [0.1, 0.15) is 11.4 Å². The van der Waals surface area contributed by atoms with E-state index in [2.05, 4.69) is 69.1 Å². The molecule has 0 saturated carbocycles. The standard InChI is InChI=1S/C19H25NO3.C7H10O2.HN9O4S/c1-6-7-11-14(2)19(22)20(5)15(3)18(23-16(4)21)17-12-9-8-10-13-17;1-3-4-5-6(2)7(8)9;10-8-6-4-2-1-3-5-7-9-14(12)13-11/h8-10,12-15,18H,11H2,1-5H3;6H,5H2,1-2H3,(H,8,9);11H/b;;2-1+,5-3+,6-4+,9-7?/t14-,15+,18-;6-;/m00./s1. The van der Waals surface area contributed by atoms with Crippen molar-refractivity contribution in [1.82, 2.24) is 4.90 Å². The predicted molar refractivity (Wildman–Crippen MR) is 162 cm³/mol. The van der Waals surface area contributed by atoms with E-state index in [1.807, 2.05) is 49.5 Å². The van der Waals surface area contributed by atoms with Crippen LogP contribution in [0.15, 0.2) is 76.7 Å². The second-order valence-corrected chi connectivity index (χ2v) is 9.36. The molecular weight excluding hydrogens is 628 g/mol. The minimum absolute atomic E-state index is 0.00617. The number of carbonyl (C=O) groups is 3. The van der Waals surface area contributed by atoms with Gasteiger partial charge in [0, 0.05) is 53.6 Å². The summed E-state index contributed by atoms with van der Waals surface area (Å²) >= 11 is -2.35. The predicted octanol–water partition coefficient (Wildman–Crippen LogP) is 5.60. The summed E-state index contributed by atoms with van der Waals surface area (Å²) in [4.78, 5) is 45.0. The minimum atomic E-state index is -2.35. The molecule has 0 saturated heterocycles. The Labute approximate surface area is 268 Å². The van der Waals surface area contributed by atoms with Gasteiger partial charge in [0.15, 0.2) is 0 Å². The summed E-state index contributed by atoms with van der Waals surface area (Å²) in [6.07, 6.45) is 0.481. The number of ether oxygens (including phenoxy) is 1. The van der Waals surface area contributed by atoms with Crippen molar-refractivity contribution in [3.05, 3.63) is 40.8 Å². The molecule has 0 bridgehead atoms. The molecule has 0 heterocycles. The highest BCUT2D eigenvalue weighted by Crippen LogP contribution is 2.25. The van der Waals surface area contributed by atoms with Gasteiger partial charge in [0.05, 0.1) is 12.0 Å². The second kappa shape index (κ2) is 27.4. The number of esters is 1. The van der Waals surface area contributed by atoms with Crippen molar-refractivity contribution in [3.63, 3.8) is 0 Å². The van der Waals surface area contributed by atoms with E-state index in [4.69, 9.17) is 15.1 Å². The maximum Gasteiger partial charge on any atom is 0.334 e. The average Bonchev–Trinajstić information content (AvgIpc) is 3.05. The molecule has 1 amide bonds. The SMILES string of the molecule is CC#CC[C@H](C)C(=O)N(C)[C@H](C)[C@H](OC(C)=O)c1ccccc1.CC#CC[C@H](C)C(=O)O.O=N/N=N/N=N/N=N/N=NS(=O)OO. The number of nitrogens with zero attached hydrogens (tertiary/aromatic N) is 10. The quantitative estimate of drug-likeness (QED) is 0.0625. The summed E-state index contributed by atoms with van der Waals surface area (Å²) in [7, 11) is 1.74. The Bertz CT molecular complexity index is 1350. The summed E-state index contributed by atoms with van der Waals surface area (Å²) in [5.74, 6) is 9.40. The summed E-state index contributed by atoms with van der Waals surface area (Å²) in [5.41, 5.74) is 0.871. The van der Waals surface area contributed by atoms with Crippen LogP contribution in [0.1, 0.15) is 66.1 Å². The van der Waals surface area contributed by atoms with Gasteiger partial charge in [0.2, 0.25) is 5.91 Å². The molecular formula is C26H36N10O9S. The van der Waals surface area contributed by atoms with Crippen LogP contribution >= 0.6 is 0 Å². The number of carboxylic acid groups (broad SMARTS) is 1. The maximum absolute atomic E-state index is 12.5. The lowest BCUT2D eigenvalue weighted by Crippen LogP contribution is -2.42. The van der Waals surface area contributed by atoms with Crippen molar-refractivity contribution in [1.29, 1.82) is 0 Å². The number of amides is 1. The van der Waals surface area contributed by atoms with Crippen LogP contribution in [0, 0.1) is 40.4 Å². The van der Waals surface area contributed by atoms with Crippen molar-refractivity contribution >= 4 is 29.1 Å². The number of benzene rings is 1. The molecule has 0 aromatic heterocycles. The number of nitroso groups, excluding NO2 is 1. The largest absolute Gasteiger partial charge is 0.481 e. The zero-order valence-corrected chi connectivity index (χ0v) is 27.1. The van der Waals surface area contributed by atoms with Gasteiger partial charge in [-0.3, -0.25) is 14.4 Å². The summed E-state index contributed by atoms with van der Waals surface area (Å²) in [6.45, 7) is 10.2. The first-order chi connectivity index (χ1) is 21.9. The number of hydrogen-bond donors (Lipinski definition) is 2. The highest BCUT2D eigenvalue weighted by Gasteiger charge is 2.30. The molecule has 1 unspecified atom stereocenters. The van der Waals surface area contributed by atoms with Crippen molar-refractivity contribution in [3.8, 4) is 23.7 Å². The van der Waals surface area contributed by atoms with E-state index in [0.29, 0.717) is 12.8 Å². The number of carboxylic acids is 1. The van der Waals surface area contributed by atoms with Crippen LogP contribution in [0.3, 0.4) is 0 Å². The van der Waals surface area contributed by atoms with Gasteiger partial charge in [-0.15, -0.1) is 32.9 Å². The molecule has 0 aliphatic heterocycles. The lowest BCUT2D eigenvalue weighted by molar-refractivity contribution is -0.154. The van der Waals surface area contributed by atoms with Gasteiger partial charge in [-0.25, -0.2) is 5.26 Å². The van der Waals surface area contributed by atoms with Crippen molar-refractivity contribution in [2.75, 3.05) is 7.05 Å². The molecule has 19 nitrogen and oxygen atoms in total. The first kappa shape index (κ1) is 43.0.